The summed E-state index contributed by atoms with van der Waals surface area (Å²) >= 11 is 0. The van der Waals surface area contributed by atoms with Crippen LogP contribution in [0.2, 0.25) is 0 Å². The average molecular weight is 598 g/mol. The zero-order valence-corrected chi connectivity index (χ0v) is 23.2. The molecule has 1 aliphatic carbocycles. The SMILES string of the molecule is O=C(O)CCNC(=O)c1ccc(CN(C(=O)NCc2cccc(C(F)(F)F)c2F)c2ccc(C3=CCCCC3)cc2)cc1. The number of carboxylic acid groups (broad SMARTS) is 1. The molecule has 0 bridgehead atoms. The van der Waals surface area contributed by atoms with Crippen LogP contribution >= 0.6 is 0 Å². The first-order chi connectivity index (χ1) is 20.5. The number of nitrogens with one attached hydrogen (secondary N) is 2. The van der Waals surface area contributed by atoms with E-state index in [9.17, 15) is 31.9 Å². The number of rotatable bonds is 10. The van der Waals surface area contributed by atoms with Gasteiger partial charge >= 0.3 is 18.2 Å². The monoisotopic (exact) mass is 597 g/mol. The van der Waals surface area contributed by atoms with Crippen LogP contribution in [-0.4, -0.2) is 29.6 Å². The number of anilines is 1. The Bertz CT molecular complexity index is 1490. The molecule has 1 aliphatic rings. The molecule has 3 N–H and O–H groups in total. The average Bonchev–Trinajstić information content (AvgIpc) is 2.99. The third-order valence-corrected chi connectivity index (χ3v) is 7.08. The van der Waals surface area contributed by atoms with Crippen LogP contribution in [0.1, 0.15) is 64.7 Å². The normalized spacial score (nSPS) is 13.2. The number of hydrogen-bond acceptors (Lipinski definition) is 3. The van der Waals surface area contributed by atoms with E-state index in [4.69, 9.17) is 5.11 Å². The molecule has 0 aliphatic heterocycles. The fraction of sp³-hybridized carbons (Fsp3) is 0.281. The lowest BCUT2D eigenvalue weighted by Gasteiger charge is -2.24. The molecule has 0 heterocycles. The van der Waals surface area contributed by atoms with Gasteiger partial charge in [0.2, 0.25) is 0 Å². The Kier molecular flexibility index (Phi) is 10.2. The van der Waals surface area contributed by atoms with Crippen molar-refractivity contribution in [3.8, 4) is 0 Å². The summed E-state index contributed by atoms with van der Waals surface area (Å²) in [4.78, 5) is 37.8. The molecule has 0 atom stereocenters. The van der Waals surface area contributed by atoms with Gasteiger partial charge in [-0.2, -0.15) is 13.2 Å². The topological polar surface area (TPSA) is 98.7 Å². The Morgan fingerprint density at radius 1 is 0.907 bits per heavy atom. The van der Waals surface area contributed by atoms with Gasteiger partial charge in [-0.15, -0.1) is 0 Å². The number of urea groups is 1. The number of halogens is 4. The van der Waals surface area contributed by atoms with Gasteiger partial charge in [0.25, 0.3) is 5.91 Å². The van der Waals surface area contributed by atoms with Crippen LogP contribution in [0.4, 0.5) is 28.0 Å². The maximum absolute atomic E-state index is 14.6. The minimum Gasteiger partial charge on any atom is -0.481 e. The van der Waals surface area contributed by atoms with Crippen molar-refractivity contribution in [1.82, 2.24) is 10.6 Å². The highest BCUT2D eigenvalue weighted by molar-refractivity contribution is 5.94. The lowest BCUT2D eigenvalue weighted by atomic mass is 9.93. The maximum atomic E-state index is 14.6. The van der Waals surface area contributed by atoms with Gasteiger partial charge in [-0.25, -0.2) is 9.18 Å². The number of amides is 3. The Morgan fingerprint density at radius 3 is 2.26 bits per heavy atom. The number of carbonyl (C=O) groups excluding carboxylic acids is 2. The third kappa shape index (κ3) is 8.43. The molecule has 3 aromatic carbocycles. The summed E-state index contributed by atoms with van der Waals surface area (Å²) in [5.41, 5.74) is 2.01. The van der Waals surface area contributed by atoms with Crippen molar-refractivity contribution < 1.29 is 37.1 Å². The van der Waals surface area contributed by atoms with Gasteiger partial charge in [-0.3, -0.25) is 14.5 Å². The summed E-state index contributed by atoms with van der Waals surface area (Å²) < 4.78 is 54.1. The standard InChI is InChI=1S/C32H31F4N3O4/c33-29-25(7-4-8-27(29)32(34,35)36)19-38-31(43)39(26-15-13-23(14-16-26)22-5-2-1-3-6-22)20-21-9-11-24(12-10-21)30(42)37-18-17-28(40)41/h4-5,7-16H,1-3,6,17-20H2,(H,37,42)(H,38,43)(H,40,41). The van der Waals surface area contributed by atoms with Crippen molar-refractivity contribution in [1.29, 1.82) is 0 Å². The number of carboxylic acids is 1. The van der Waals surface area contributed by atoms with E-state index < -0.39 is 42.0 Å². The predicted octanol–water partition coefficient (Wildman–Crippen LogP) is 6.92. The van der Waals surface area contributed by atoms with Crippen LogP contribution < -0.4 is 15.5 Å². The summed E-state index contributed by atoms with van der Waals surface area (Å²) in [7, 11) is 0. The van der Waals surface area contributed by atoms with E-state index in [-0.39, 0.29) is 25.1 Å². The minimum absolute atomic E-state index is 0.0246. The van der Waals surface area contributed by atoms with E-state index in [1.807, 2.05) is 12.1 Å². The van der Waals surface area contributed by atoms with Crippen LogP contribution in [0, 0.1) is 5.82 Å². The van der Waals surface area contributed by atoms with Gasteiger partial charge in [-0.1, -0.05) is 42.5 Å². The number of hydrogen-bond donors (Lipinski definition) is 3. The van der Waals surface area contributed by atoms with Crippen LogP contribution in [0.25, 0.3) is 5.57 Å². The van der Waals surface area contributed by atoms with Gasteiger partial charge in [0.1, 0.15) is 5.82 Å². The fourth-order valence-corrected chi connectivity index (χ4v) is 4.77. The molecule has 4 rings (SSSR count). The Balaban J connectivity index is 1.53. The first-order valence-corrected chi connectivity index (χ1v) is 13.8. The second-order valence-corrected chi connectivity index (χ2v) is 10.1. The molecule has 3 aromatic rings. The summed E-state index contributed by atoms with van der Waals surface area (Å²) in [5, 5.41) is 13.8. The maximum Gasteiger partial charge on any atom is 0.419 e. The second kappa shape index (κ2) is 14.0. The van der Waals surface area contributed by atoms with E-state index in [1.54, 1.807) is 24.3 Å². The highest BCUT2D eigenvalue weighted by Gasteiger charge is 2.34. The molecular formula is C32H31F4N3O4. The molecule has 0 saturated carbocycles. The fourth-order valence-electron chi connectivity index (χ4n) is 4.77. The Morgan fingerprint density at radius 2 is 1.63 bits per heavy atom. The molecule has 7 nitrogen and oxygen atoms in total. The summed E-state index contributed by atoms with van der Waals surface area (Å²) in [6, 6.07) is 16.0. The van der Waals surface area contributed by atoms with E-state index in [2.05, 4.69) is 16.7 Å². The number of benzene rings is 3. The van der Waals surface area contributed by atoms with Gasteiger partial charge in [0, 0.05) is 29.9 Å². The lowest BCUT2D eigenvalue weighted by molar-refractivity contribution is -0.140. The number of alkyl halides is 3. The second-order valence-electron chi connectivity index (χ2n) is 10.1. The smallest absolute Gasteiger partial charge is 0.419 e. The molecule has 11 heteroatoms. The predicted molar refractivity (Wildman–Crippen MR) is 154 cm³/mol. The molecular weight excluding hydrogens is 566 g/mol. The van der Waals surface area contributed by atoms with E-state index in [0.29, 0.717) is 22.9 Å². The summed E-state index contributed by atoms with van der Waals surface area (Å²) in [6.45, 7) is -0.450. The van der Waals surface area contributed by atoms with E-state index >= 15 is 0 Å². The molecule has 43 heavy (non-hydrogen) atoms. The quantitative estimate of drug-likeness (QED) is 0.221. The van der Waals surface area contributed by atoms with Crippen molar-refractivity contribution in [3.63, 3.8) is 0 Å². The van der Waals surface area contributed by atoms with Crippen molar-refractivity contribution >= 4 is 29.2 Å². The van der Waals surface area contributed by atoms with Gasteiger partial charge < -0.3 is 15.7 Å². The number of aliphatic carboxylic acids is 1. The van der Waals surface area contributed by atoms with Gasteiger partial charge in [0.15, 0.2) is 0 Å². The van der Waals surface area contributed by atoms with Crippen molar-refractivity contribution in [2.24, 2.45) is 0 Å². The van der Waals surface area contributed by atoms with Crippen molar-refractivity contribution in [2.75, 3.05) is 11.4 Å². The van der Waals surface area contributed by atoms with Crippen LogP contribution in [0.5, 0.6) is 0 Å². The van der Waals surface area contributed by atoms with Gasteiger partial charge in [0.05, 0.1) is 18.5 Å². The Labute approximate surface area is 246 Å². The molecule has 0 aromatic heterocycles. The highest BCUT2D eigenvalue weighted by Crippen LogP contribution is 2.32. The number of carbonyl (C=O) groups is 3. The molecule has 0 fully saturated rings. The first kappa shape index (κ1) is 31.3. The Hall–Kier alpha value is -4.67. The number of nitrogens with zero attached hydrogens (tertiary/aromatic N) is 1. The van der Waals surface area contributed by atoms with Crippen molar-refractivity contribution in [3.05, 3.63) is 106 Å². The summed E-state index contributed by atoms with van der Waals surface area (Å²) in [5.74, 6) is -2.92. The lowest BCUT2D eigenvalue weighted by Crippen LogP contribution is -2.39. The molecule has 0 saturated heterocycles. The van der Waals surface area contributed by atoms with Crippen molar-refractivity contribution in [2.45, 2.75) is 51.4 Å². The van der Waals surface area contributed by atoms with E-state index in [1.165, 1.54) is 28.7 Å². The largest absolute Gasteiger partial charge is 0.481 e. The molecule has 3 amide bonds. The minimum atomic E-state index is -4.87. The van der Waals surface area contributed by atoms with E-state index in [0.717, 1.165) is 37.3 Å². The highest BCUT2D eigenvalue weighted by atomic mass is 19.4. The third-order valence-electron chi connectivity index (χ3n) is 7.08. The first-order valence-electron chi connectivity index (χ1n) is 13.8. The zero-order valence-electron chi connectivity index (χ0n) is 23.2. The molecule has 226 valence electrons. The summed E-state index contributed by atoms with van der Waals surface area (Å²) in [6.07, 6.45) is 1.32. The molecule has 0 unspecified atom stereocenters. The zero-order chi connectivity index (χ0) is 31.0. The number of allylic oxidation sites excluding steroid dienone is 2. The van der Waals surface area contributed by atoms with Crippen LogP contribution in [-0.2, 0) is 24.1 Å². The molecule has 0 radical (unpaired) electrons. The molecule has 0 spiro atoms. The van der Waals surface area contributed by atoms with Gasteiger partial charge in [-0.05, 0) is 72.7 Å². The van der Waals surface area contributed by atoms with Crippen LogP contribution in [0.3, 0.4) is 0 Å². The van der Waals surface area contributed by atoms with Crippen LogP contribution in [0.15, 0.2) is 72.8 Å².